The van der Waals surface area contributed by atoms with Gasteiger partial charge in [0.05, 0.1) is 13.2 Å². The van der Waals surface area contributed by atoms with Gasteiger partial charge in [0.25, 0.3) is 0 Å². The molecule has 82 valence electrons. The summed E-state index contributed by atoms with van der Waals surface area (Å²) in [5.41, 5.74) is 0. The van der Waals surface area contributed by atoms with Crippen LogP contribution in [0.1, 0.15) is 0 Å². The third-order valence-electron chi connectivity index (χ3n) is 2.00. The van der Waals surface area contributed by atoms with E-state index in [0.29, 0.717) is 0 Å². The van der Waals surface area contributed by atoms with Gasteiger partial charge in [-0.05, 0) is 0 Å². The smallest absolute Gasteiger partial charge is 0.402 e. The first-order valence-electron chi connectivity index (χ1n) is 4.17. The van der Waals surface area contributed by atoms with Gasteiger partial charge in [0.1, 0.15) is 24.4 Å². The lowest BCUT2D eigenvalue weighted by atomic mass is 10.0. The van der Waals surface area contributed by atoms with E-state index in [2.05, 4.69) is 0 Å². The van der Waals surface area contributed by atoms with Crippen LogP contribution in [0.25, 0.3) is 0 Å². The van der Waals surface area contributed by atoms with E-state index in [0.717, 1.165) is 0 Å². The highest BCUT2D eigenvalue weighted by molar-refractivity contribution is 6.35. The summed E-state index contributed by atoms with van der Waals surface area (Å²) in [6, 6.07) is 0. The maximum atomic E-state index is 9.23. The molecule has 8 heteroatoms. The first-order chi connectivity index (χ1) is 6.60. The van der Waals surface area contributed by atoms with Gasteiger partial charge in [-0.1, -0.05) is 0 Å². The molecule has 1 aliphatic heterocycles. The van der Waals surface area contributed by atoms with Crippen molar-refractivity contribution in [3.63, 3.8) is 0 Å². The van der Waals surface area contributed by atoms with Crippen LogP contribution in [0.15, 0.2) is 0 Å². The number of aliphatic hydroxyl groups is 4. The predicted octanol–water partition coefficient (Wildman–Crippen LogP) is -3.55. The Morgan fingerprint density at radius 3 is 1.64 bits per heavy atom. The minimum absolute atomic E-state index is 0.588. The zero-order valence-electron chi connectivity index (χ0n) is 7.35. The van der Waals surface area contributed by atoms with Crippen molar-refractivity contribution in [3.8, 4) is 0 Å². The van der Waals surface area contributed by atoms with Crippen LogP contribution in [0.2, 0.25) is 0 Å². The van der Waals surface area contributed by atoms with E-state index in [1.54, 1.807) is 0 Å². The van der Waals surface area contributed by atoms with Gasteiger partial charge in [-0.15, -0.1) is 0 Å². The van der Waals surface area contributed by atoms with Gasteiger partial charge in [0.2, 0.25) is 0 Å². The molecule has 4 atom stereocenters. The fourth-order valence-corrected chi connectivity index (χ4v) is 1.28. The molecule has 1 aliphatic rings. The molecule has 0 saturated carbocycles. The van der Waals surface area contributed by atoms with Crippen LogP contribution in [0, 0.1) is 0 Å². The Bertz CT molecular complexity index is 162. The second kappa shape index (κ2) is 5.03. The molecule has 1 heterocycles. The first-order valence-corrected chi connectivity index (χ1v) is 4.17. The fourth-order valence-electron chi connectivity index (χ4n) is 1.28. The second-order valence-corrected chi connectivity index (χ2v) is 3.01. The fraction of sp³-hybridized carbons (Fsp3) is 1.00. The number of hydrogen-bond donors (Lipinski definition) is 5. The summed E-state index contributed by atoms with van der Waals surface area (Å²) in [4.78, 5) is 0. The van der Waals surface area contributed by atoms with Crippen LogP contribution < -0.4 is 0 Å². The lowest BCUT2D eigenvalue weighted by Crippen LogP contribution is -2.45. The van der Waals surface area contributed by atoms with Crippen molar-refractivity contribution < 1.29 is 34.8 Å². The molecular formula is C6H13BO7. The topological polar surface area (TPSA) is 120 Å². The van der Waals surface area contributed by atoms with Gasteiger partial charge in [-0.2, -0.15) is 0 Å². The average molecular weight is 208 g/mol. The van der Waals surface area contributed by atoms with Gasteiger partial charge in [-0.25, -0.2) is 0 Å². The molecule has 0 aliphatic carbocycles. The second-order valence-electron chi connectivity index (χ2n) is 3.01. The average Bonchev–Trinajstić information content (AvgIpc) is 2.58. The molecule has 1 rings (SSSR count). The standard InChI is InChI=1S/C6H13BO7/c8-1-3(10)5-6(4(11)2-9)14-7(12)13-5/h3-6,8-12H,1-2H2. The Morgan fingerprint density at radius 1 is 1.00 bits per heavy atom. The summed E-state index contributed by atoms with van der Waals surface area (Å²) in [6.07, 6.45) is -4.68. The van der Waals surface area contributed by atoms with Gasteiger partial charge >= 0.3 is 7.32 Å². The van der Waals surface area contributed by atoms with Crippen molar-refractivity contribution in [3.05, 3.63) is 0 Å². The van der Waals surface area contributed by atoms with E-state index >= 15 is 0 Å². The zero-order valence-corrected chi connectivity index (χ0v) is 7.35. The molecule has 1 fully saturated rings. The van der Waals surface area contributed by atoms with E-state index in [1.165, 1.54) is 0 Å². The minimum Gasteiger partial charge on any atom is -0.402 e. The number of hydrogen-bond acceptors (Lipinski definition) is 7. The van der Waals surface area contributed by atoms with Crippen LogP contribution in [0.4, 0.5) is 0 Å². The predicted molar refractivity (Wildman–Crippen MR) is 43.9 cm³/mol. The van der Waals surface area contributed by atoms with E-state index in [1.807, 2.05) is 0 Å². The maximum Gasteiger partial charge on any atom is 0.637 e. The Balaban J connectivity index is 2.62. The summed E-state index contributed by atoms with van der Waals surface area (Å²) < 4.78 is 9.40. The lowest BCUT2D eigenvalue weighted by molar-refractivity contribution is -0.0640. The molecule has 0 bridgehead atoms. The number of rotatable bonds is 4. The molecule has 5 N–H and O–H groups in total. The normalized spacial score (nSPS) is 31.9. The molecule has 0 amide bonds. The van der Waals surface area contributed by atoms with Gasteiger partial charge in [-0.3, -0.25) is 0 Å². The van der Waals surface area contributed by atoms with Gasteiger partial charge in [0, 0.05) is 0 Å². The highest BCUT2D eigenvalue weighted by Gasteiger charge is 2.46. The molecule has 0 radical (unpaired) electrons. The largest absolute Gasteiger partial charge is 0.637 e. The van der Waals surface area contributed by atoms with Crippen molar-refractivity contribution >= 4 is 7.32 Å². The molecule has 0 aromatic rings. The summed E-state index contributed by atoms with van der Waals surface area (Å²) in [5, 5.41) is 44.7. The molecule has 0 aromatic heterocycles. The molecule has 7 nitrogen and oxygen atoms in total. The first kappa shape index (κ1) is 11.9. The van der Waals surface area contributed by atoms with Crippen LogP contribution in [-0.2, 0) is 9.31 Å². The maximum absolute atomic E-state index is 9.23. The highest BCUT2D eigenvalue weighted by atomic mass is 16.7. The third-order valence-corrected chi connectivity index (χ3v) is 2.00. The Kier molecular flexibility index (Phi) is 4.26. The van der Waals surface area contributed by atoms with Crippen molar-refractivity contribution in [2.75, 3.05) is 13.2 Å². The van der Waals surface area contributed by atoms with E-state index in [4.69, 9.17) is 24.5 Å². The molecular weight excluding hydrogens is 195 g/mol. The summed E-state index contributed by atoms with van der Waals surface area (Å²) in [5.74, 6) is 0. The third kappa shape index (κ3) is 2.42. The van der Waals surface area contributed by atoms with Crippen molar-refractivity contribution in [2.24, 2.45) is 0 Å². The molecule has 4 unspecified atom stereocenters. The van der Waals surface area contributed by atoms with Crippen molar-refractivity contribution in [1.82, 2.24) is 0 Å². The van der Waals surface area contributed by atoms with Crippen LogP contribution in [0.5, 0.6) is 0 Å². The Labute approximate surface area is 80.7 Å². The van der Waals surface area contributed by atoms with E-state index in [9.17, 15) is 10.2 Å². The quantitative estimate of drug-likeness (QED) is 0.303. The van der Waals surface area contributed by atoms with E-state index in [-0.39, 0.29) is 0 Å². The van der Waals surface area contributed by atoms with Crippen molar-refractivity contribution in [2.45, 2.75) is 24.4 Å². The molecule has 0 spiro atoms. The summed E-state index contributed by atoms with van der Waals surface area (Å²) in [7, 11) is -1.56. The number of aliphatic hydroxyl groups excluding tert-OH is 4. The van der Waals surface area contributed by atoms with Crippen LogP contribution >= 0.6 is 0 Å². The lowest BCUT2D eigenvalue weighted by Gasteiger charge is -2.24. The Morgan fingerprint density at radius 2 is 1.36 bits per heavy atom. The highest BCUT2D eigenvalue weighted by Crippen LogP contribution is 2.21. The van der Waals surface area contributed by atoms with Gasteiger partial charge in [0.15, 0.2) is 0 Å². The zero-order chi connectivity index (χ0) is 10.7. The van der Waals surface area contributed by atoms with Crippen molar-refractivity contribution in [1.29, 1.82) is 0 Å². The van der Waals surface area contributed by atoms with E-state index < -0.39 is 45.0 Å². The van der Waals surface area contributed by atoms with Gasteiger partial charge < -0.3 is 34.8 Å². The summed E-state index contributed by atoms with van der Waals surface area (Å²) >= 11 is 0. The SMILES string of the molecule is OCC(O)C1OB(O)OC1C(O)CO. The Hall–Kier alpha value is -0.215. The molecule has 0 aromatic carbocycles. The summed E-state index contributed by atoms with van der Waals surface area (Å²) in [6.45, 7) is -1.18. The van der Waals surface area contributed by atoms with Crippen LogP contribution in [0.3, 0.4) is 0 Å². The van der Waals surface area contributed by atoms with Crippen LogP contribution in [-0.4, -0.2) is 70.4 Å². The monoisotopic (exact) mass is 208 g/mol. The molecule has 14 heavy (non-hydrogen) atoms. The minimum atomic E-state index is -1.56. The molecule has 1 saturated heterocycles.